The van der Waals surface area contributed by atoms with E-state index in [2.05, 4.69) is 15.3 Å². The van der Waals surface area contributed by atoms with Gasteiger partial charge in [-0.25, -0.2) is 14.8 Å². The van der Waals surface area contributed by atoms with Gasteiger partial charge in [-0.2, -0.15) is 0 Å². The number of ether oxygens (including phenoxy) is 1. The minimum Gasteiger partial charge on any atom is -0.447 e. The minimum absolute atomic E-state index is 0.200. The van der Waals surface area contributed by atoms with Gasteiger partial charge < -0.3 is 10.1 Å². The van der Waals surface area contributed by atoms with Gasteiger partial charge in [0.2, 0.25) is 0 Å². The molecule has 0 unspecified atom stereocenters. The molecule has 8 heteroatoms. The summed E-state index contributed by atoms with van der Waals surface area (Å²) in [6.45, 7) is 6.56. The van der Waals surface area contributed by atoms with Gasteiger partial charge in [-0.1, -0.05) is 6.07 Å². The van der Waals surface area contributed by atoms with Crippen molar-refractivity contribution in [2.75, 3.05) is 23.4 Å². The van der Waals surface area contributed by atoms with Gasteiger partial charge in [-0.15, -0.1) is 11.3 Å². The highest BCUT2D eigenvalue weighted by Crippen LogP contribution is 2.32. The smallest absolute Gasteiger partial charge is 0.414 e. The van der Waals surface area contributed by atoms with Crippen LogP contribution in [0.1, 0.15) is 26.8 Å². The van der Waals surface area contributed by atoms with Crippen LogP contribution in [-0.2, 0) is 4.74 Å². The van der Waals surface area contributed by atoms with Crippen LogP contribution in [0, 0.1) is 20.8 Å². The molecule has 0 atom stereocenters. The summed E-state index contributed by atoms with van der Waals surface area (Å²) < 4.78 is 4.97. The SMILES string of the molecule is Cc1nc(C)c2c(C)c(C(=O)Nc3cccc(N4CCOC4=O)c3)sc2n1. The molecule has 0 saturated carbocycles. The lowest BCUT2D eigenvalue weighted by atomic mass is 10.1. The van der Waals surface area contributed by atoms with Crippen molar-refractivity contribution in [2.45, 2.75) is 20.8 Å². The summed E-state index contributed by atoms with van der Waals surface area (Å²) in [4.78, 5) is 36.4. The second kappa shape index (κ2) is 6.62. The molecule has 27 heavy (non-hydrogen) atoms. The van der Waals surface area contributed by atoms with E-state index >= 15 is 0 Å². The number of fused-ring (bicyclic) bond motifs is 1. The first-order valence-electron chi connectivity index (χ1n) is 8.54. The van der Waals surface area contributed by atoms with Crippen LogP contribution in [-0.4, -0.2) is 35.1 Å². The number of carbonyl (C=O) groups excluding carboxylic acids is 2. The van der Waals surface area contributed by atoms with Crippen LogP contribution in [0.3, 0.4) is 0 Å². The Morgan fingerprint density at radius 1 is 1.26 bits per heavy atom. The Morgan fingerprint density at radius 3 is 2.81 bits per heavy atom. The zero-order chi connectivity index (χ0) is 19.1. The van der Waals surface area contributed by atoms with Crippen molar-refractivity contribution >= 4 is 44.9 Å². The second-order valence-electron chi connectivity index (χ2n) is 6.36. The fraction of sp³-hybridized carbons (Fsp3) is 0.263. The normalized spacial score (nSPS) is 13.9. The van der Waals surface area contributed by atoms with Gasteiger partial charge in [0, 0.05) is 22.5 Å². The molecule has 0 bridgehead atoms. The van der Waals surface area contributed by atoms with Gasteiger partial charge in [-0.05, 0) is 44.5 Å². The molecule has 0 aliphatic carbocycles. The molecule has 0 spiro atoms. The third-order valence-corrected chi connectivity index (χ3v) is 5.65. The highest BCUT2D eigenvalue weighted by molar-refractivity contribution is 7.20. The summed E-state index contributed by atoms with van der Waals surface area (Å²) in [7, 11) is 0. The number of rotatable bonds is 3. The van der Waals surface area contributed by atoms with Crippen molar-refractivity contribution in [3.63, 3.8) is 0 Å². The lowest BCUT2D eigenvalue weighted by Crippen LogP contribution is -2.23. The van der Waals surface area contributed by atoms with Crippen LogP contribution < -0.4 is 10.2 Å². The number of cyclic esters (lactones) is 1. The van der Waals surface area contributed by atoms with Crippen LogP contribution in [0.25, 0.3) is 10.2 Å². The maximum atomic E-state index is 12.8. The Hall–Kier alpha value is -3.00. The lowest BCUT2D eigenvalue weighted by Gasteiger charge is -2.14. The Kier molecular flexibility index (Phi) is 4.27. The lowest BCUT2D eigenvalue weighted by molar-refractivity contribution is 0.103. The summed E-state index contributed by atoms with van der Waals surface area (Å²) in [6.07, 6.45) is -0.372. The molecule has 0 radical (unpaired) electrons. The van der Waals surface area contributed by atoms with Crippen LogP contribution in [0.15, 0.2) is 24.3 Å². The molecule has 7 nitrogen and oxygen atoms in total. The molecule has 1 N–H and O–H groups in total. The van der Waals surface area contributed by atoms with Crippen LogP contribution >= 0.6 is 11.3 Å². The number of aryl methyl sites for hydroxylation is 3. The Morgan fingerprint density at radius 2 is 2.07 bits per heavy atom. The van der Waals surface area contributed by atoms with Crippen molar-refractivity contribution < 1.29 is 14.3 Å². The van der Waals surface area contributed by atoms with Gasteiger partial charge in [0.15, 0.2) is 0 Å². The topological polar surface area (TPSA) is 84.4 Å². The predicted molar refractivity (Wildman–Crippen MR) is 105 cm³/mol. The van der Waals surface area contributed by atoms with Crippen molar-refractivity contribution in [1.29, 1.82) is 0 Å². The minimum atomic E-state index is -0.372. The molecule has 1 fully saturated rings. The summed E-state index contributed by atoms with van der Waals surface area (Å²) in [5, 5.41) is 3.85. The number of carbonyl (C=O) groups is 2. The summed E-state index contributed by atoms with van der Waals surface area (Å²) in [6, 6.07) is 7.17. The number of nitrogens with one attached hydrogen (secondary N) is 1. The molecule has 2 aromatic heterocycles. The molecule has 4 rings (SSSR count). The molecule has 3 heterocycles. The van der Waals surface area contributed by atoms with Crippen LogP contribution in [0.5, 0.6) is 0 Å². The monoisotopic (exact) mass is 382 g/mol. The Bertz CT molecular complexity index is 1080. The van der Waals surface area contributed by atoms with Gasteiger partial charge in [0.25, 0.3) is 5.91 Å². The number of nitrogens with zero attached hydrogens (tertiary/aromatic N) is 3. The standard InChI is InChI=1S/C19H18N4O3S/c1-10-15-11(2)20-12(3)21-18(15)27-16(10)17(24)22-13-5-4-6-14(9-13)23-7-8-26-19(23)25/h4-6,9H,7-8H2,1-3H3,(H,22,24). The Labute approximate surface area is 160 Å². The maximum absolute atomic E-state index is 12.8. The summed E-state index contributed by atoms with van der Waals surface area (Å²) in [5.74, 6) is 0.493. The molecular formula is C19H18N4O3S. The number of hydrogen-bond donors (Lipinski definition) is 1. The first-order valence-corrected chi connectivity index (χ1v) is 9.36. The van der Waals surface area contributed by atoms with E-state index in [0.29, 0.717) is 35.2 Å². The highest BCUT2D eigenvalue weighted by Gasteiger charge is 2.24. The molecular weight excluding hydrogens is 364 g/mol. The molecule has 1 saturated heterocycles. The number of thiophene rings is 1. The van der Waals surface area contributed by atoms with Crippen LogP contribution in [0.4, 0.5) is 16.2 Å². The number of aromatic nitrogens is 2. The van der Waals surface area contributed by atoms with Gasteiger partial charge in [0.05, 0.1) is 11.4 Å². The molecule has 1 aromatic carbocycles. The van der Waals surface area contributed by atoms with Crippen molar-refractivity contribution in [1.82, 2.24) is 9.97 Å². The fourth-order valence-electron chi connectivity index (χ4n) is 3.26. The highest BCUT2D eigenvalue weighted by atomic mass is 32.1. The van der Waals surface area contributed by atoms with E-state index in [9.17, 15) is 9.59 Å². The summed E-state index contributed by atoms with van der Waals surface area (Å²) in [5.41, 5.74) is 3.07. The number of amides is 2. The third kappa shape index (κ3) is 3.12. The predicted octanol–water partition coefficient (Wildman–Crippen LogP) is 3.83. The first kappa shape index (κ1) is 17.4. The molecule has 1 aliphatic rings. The van der Waals surface area contributed by atoms with E-state index in [1.165, 1.54) is 11.3 Å². The number of anilines is 2. The third-order valence-electron chi connectivity index (χ3n) is 4.47. The molecule has 3 aromatic rings. The van der Waals surface area contributed by atoms with Crippen molar-refractivity contribution in [3.05, 3.63) is 46.2 Å². The van der Waals surface area contributed by atoms with E-state index in [1.54, 1.807) is 23.1 Å². The fourth-order valence-corrected chi connectivity index (χ4v) is 4.43. The zero-order valence-corrected chi connectivity index (χ0v) is 16.0. The molecule has 138 valence electrons. The number of hydrogen-bond acceptors (Lipinski definition) is 6. The summed E-state index contributed by atoms with van der Waals surface area (Å²) >= 11 is 1.36. The van der Waals surface area contributed by atoms with Gasteiger partial charge in [-0.3, -0.25) is 9.69 Å². The van der Waals surface area contributed by atoms with E-state index in [1.807, 2.05) is 26.8 Å². The average molecular weight is 382 g/mol. The quantitative estimate of drug-likeness (QED) is 0.744. The number of benzene rings is 1. The van der Waals surface area contributed by atoms with Gasteiger partial charge in [0.1, 0.15) is 17.3 Å². The second-order valence-corrected chi connectivity index (χ2v) is 7.36. The maximum Gasteiger partial charge on any atom is 0.414 e. The largest absolute Gasteiger partial charge is 0.447 e. The van der Waals surface area contributed by atoms with Crippen LogP contribution in [0.2, 0.25) is 0 Å². The van der Waals surface area contributed by atoms with Crippen molar-refractivity contribution in [3.8, 4) is 0 Å². The first-order chi connectivity index (χ1) is 12.9. The van der Waals surface area contributed by atoms with Gasteiger partial charge >= 0.3 is 6.09 Å². The zero-order valence-electron chi connectivity index (χ0n) is 15.2. The molecule has 2 amide bonds. The van der Waals surface area contributed by atoms with Crippen molar-refractivity contribution in [2.24, 2.45) is 0 Å². The van der Waals surface area contributed by atoms with E-state index < -0.39 is 0 Å². The van der Waals surface area contributed by atoms with E-state index in [-0.39, 0.29) is 12.0 Å². The van der Waals surface area contributed by atoms with E-state index in [0.717, 1.165) is 21.5 Å². The Balaban J connectivity index is 1.63. The van der Waals surface area contributed by atoms with E-state index in [4.69, 9.17) is 4.74 Å². The molecule has 1 aliphatic heterocycles. The average Bonchev–Trinajstić information content (AvgIpc) is 3.18.